The van der Waals surface area contributed by atoms with E-state index in [1.807, 2.05) is 0 Å². The Morgan fingerprint density at radius 1 is 0.436 bits per heavy atom. The van der Waals surface area contributed by atoms with Crippen molar-refractivity contribution in [3.05, 3.63) is 139 Å². The molecule has 0 heterocycles. The molecule has 4 aromatic rings. The molecule has 0 aromatic heterocycles. The van der Waals surface area contributed by atoms with Gasteiger partial charge in [0.05, 0.1) is 0 Å². The highest BCUT2D eigenvalue weighted by molar-refractivity contribution is 6.31. The number of benzene rings is 4. The second-order valence-electron chi connectivity index (χ2n) is 8.73. The van der Waals surface area contributed by atoms with Gasteiger partial charge in [0.1, 0.15) is 0 Å². The smallest absolute Gasteiger partial charge is 0.251 e. The molecule has 0 saturated heterocycles. The molecular formula is C30H24Cl3N3O3. The van der Waals surface area contributed by atoms with Crippen molar-refractivity contribution in [1.82, 2.24) is 16.0 Å². The third kappa shape index (κ3) is 8.32. The van der Waals surface area contributed by atoms with E-state index in [9.17, 15) is 14.4 Å². The highest BCUT2D eigenvalue weighted by Crippen LogP contribution is 2.15. The molecule has 0 radical (unpaired) electrons. The molecule has 0 aliphatic rings. The van der Waals surface area contributed by atoms with Crippen LogP contribution in [0.25, 0.3) is 0 Å². The maximum atomic E-state index is 13.0. The molecule has 3 N–H and O–H groups in total. The fourth-order valence-corrected chi connectivity index (χ4v) is 4.06. The Balaban J connectivity index is 1.52. The number of rotatable bonds is 9. The third-order valence-electron chi connectivity index (χ3n) is 5.82. The fraction of sp³-hybridized carbons (Fsp3) is 0.100. The van der Waals surface area contributed by atoms with Crippen LogP contribution in [0.5, 0.6) is 0 Å². The van der Waals surface area contributed by atoms with Crippen molar-refractivity contribution in [1.29, 1.82) is 0 Å². The van der Waals surface area contributed by atoms with E-state index in [1.54, 1.807) is 72.8 Å². The zero-order valence-electron chi connectivity index (χ0n) is 20.6. The van der Waals surface area contributed by atoms with Crippen LogP contribution in [0.1, 0.15) is 47.8 Å². The number of amides is 3. The Kier molecular flexibility index (Phi) is 9.60. The quantitative estimate of drug-likeness (QED) is 0.213. The molecule has 0 fully saturated rings. The maximum Gasteiger partial charge on any atom is 0.251 e. The van der Waals surface area contributed by atoms with Crippen molar-refractivity contribution in [2.24, 2.45) is 0 Å². The molecule has 6 nitrogen and oxygen atoms in total. The summed E-state index contributed by atoms with van der Waals surface area (Å²) in [6.45, 7) is 0.753. The molecule has 0 aliphatic heterocycles. The Hall–Kier alpha value is -3.84. The van der Waals surface area contributed by atoms with Gasteiger partial charge in [0.2, 0.25) is 0 Å². The van der Waals surface area contributed by atoms with E-state index in [-0.39, 0.29) is 36.3 Å². The van der Waals surface area contributed by atoms with Crippen LogP contribution in [-0.2, 0) is 19.6 Å². The first-order valence-corrected chi connectivity index (χ1v) is 13.1. The van der Waals surface area contributed by atoms with Crippen LogP contribution in [0.4, 0.5) is 0 Å². The van der Waals surface area contributed by atoms with Crippen LogP contribution in [-0.4, -0.2) is 17.7 Å². The van der Waals surface area contributed by atoms with Gasteiger partial charge in [-0.3, -0.25) is 14.4 Å². The molecule has 0 spiro atoms. The lowest BCUT2D eigenvalue weighted by Gasteiger charge is -2.12. The Morgan fingerprint density at radius 2 is 0.667 bits per heavy atom. The minimum Gasteiger partial charge on any atom is -0.348 e. The van der Waals surface area contributed by atoms with Crippen LogP contribution >= 0.6 is 34.8 Å². The average Bonchev–Trinajstić information content (AvgIpc) is 2.95. The molecule has 0 atom stereocenters. The number of carbonyl (C=O) groups excluding carboxylic acids is 3. The van der Waals surface area contributed by atoms with E-state index in [2.05, 4.69) is 16.0 Å². The summed E-state index contributed by atoms with van der Waals surface area (Å²) in [4.78, 5) is 39.1. The third-order valence-corrected chi connectivity index (χ3v) is 6.57. The minimum atomic E-state index is -0.427. The molecule has 0 unspecified atom stereocenters. The minimum absolute atomic E-state index is 0.180. The van der Waals surface area contributed by atoms with Gasteiger partial charge in [-0.05, 0) is 71.3 Å². The summed E-state index contributed by atoms with van der Waals surface area (Å²) in [5.41, 5.74) is 3.10. The molecule has 198 valence electrons. The van der Waals surface area contributed by atoms with Gasteiger partial charge >= 0.3 is 0 Å². The normalized spacial score (nSPS) is 10.5. The maximum absolute atomic E-state index is 13.0. The summed E-state index contributed by atoms with van der Waals surface area (Å²) in [7, 11) is 0. The number of hydrogen-bond donors (Lipinski definition) is 3. The summed E-state index contributed by atoms with van der Waals surface area (Å²) in [6, 6.07) is 25.6. The first kappa shape index (κ1) is 28.2. The second-order valence-corrected chi connectivity index (χ2v) is 10.0. The van der Waals surface area contributed by atoms with Gasteiger partial charge in [-0.25, -0.2) is 0 Å². The van der Waals surface area contributed by atoms with Crippen LogP contribution < -0.4 is 16.0 Å². The van der Waals surface area contributed by atoms with Gasteiger partial charge in [0.15, 0.2) is 0 Å². The van der Waals surface area contributed by atoms with Gasteiger partial charge in [-0.1, -0.05) is 71.2 Å². The summed E-state index contributed by atoms with van der Waals surface area (Å²) in [5.74, 6) is -1.28. The monoisotopic (exact) mass is 579 g/mol. The van der Waals surface area contributed by atoms with E-state index >= 15 is 0 Å². The Morgan fingerprint density at radius 3 is 0.897 bits per heavy atom. The lowest BCUT2D eigenvalue weighted by Crippen LogP contribution is -2.28. The van der Waals surface area contributed by atoms with E-state index < -0.39 is 17.7 Å². The molecule has 4 aromatic carbocycles. The van der Waals surface area contributed by atoms with Crippen LogP contribution in [0, 0.1) is 0 Å². The Bertz CT molecular complexity index is 1280. The fourth-order valence-electron chi connectivity index (χ4n) is 3.68. The molecule has 0 bridgehead atoms. The zero-order valence-corrected chi connectivity index (χ0v) is 22.9. The molecule has 9 heteroatoms. The van der Waals surface area contributed by atoms with Crippen LogP contribution in [0.3, 0.4) is 0 Å². The average molecular weight is 581 g/mol. The van der Waals surface area contributed by atoms with Crippen LogP contribution in [0.2, 0.25) is 15.1 Å². The largest absolute Gasteiger partial charge is 0.348 e. The van der Waals surface area contributed by atoms with Crippen molar-refractivity contribution in [2.75, 3.05) is 0 Å². The lowest BCUT2D eigenvalue weighted by molar-refractivity contribution is 0.0950. The van der Waals surface area contributed by atoms with Gasteiger partial charge in [0, 0.05) is 51.4 Å². The van der Waals surface area contributed by atoms with Crippen molar-refractivity contribution >= 4 is 52.5 Å². The van der Waals surface area contributed by atoms with Crippen molar-refractivity contribution in [3.63, 3.8) is 0 Å². The lowest BCUT2D eigenvalue weighted by atomic mass is 10.0. The molecule has 4 rings (SSSR count). The first-order valence-electron chi connectivity index (χ1n) is 12.0. The van der Waals surface area contributed by atoms with Gasteiger partial charge in [-0.2, -0.15) is 0 Å². The Labute approximate surface area is 241 Å². The van der Waals surface area contributed by atoms with E-state index in [0.29, 0.717) is 15.1 Å². The number of nitrogens with one attached hydrogen (secondary N) is 3. The first-order chi connectivity index (χ1) is 18.8. The van der Waals surface area contributed by atoms with E-state index in [0.717, 1.165) is 16.7 Å². The number of carbonyl (C=O) groups is 3. The molecule has 3 amide bonds. The highest BCUT2D eigenvalue weighted by Gasteiger charge is 2.17. The van der Waals surface area contributed by atoms with Gasteiger partial charge in [0.25, 0.3) is 17.7 Å². The summed E-state index contributed by atoms with van der Waals surface area (Å²) >= 11 is 17.8. The number of hydrogen-bond acceptors (Lipinski definition) is 3. The SMILES string of the molecule is O=C(NCc1ccc(Cl)cc1)c1cc(C(=O)NCc2ccc(Cl)cc2)cc(C(=O)NCc2ccc(Cl)cc2)c1. The predicted molar refractivity (Wildman–Crippen MR) is 154 cm³/mol. The second kappa shape index (κ2) is 13.3. The number of halogens is 3. The zero-order chi connectivity index (χ0) is 27.8. The van der Waals surface area contributed by atoms with Crippen molar-refractivity contribution in [2.45, 2.75) is 19.6 Å². The van der Waals surface area contributed by atoms with Crippen molar-refractivity contribution < 1.29 is 14.4 Å². The summed E-state index contributed by atoms with van der Waals surface area (Å²) in [6.07, 6.45) is 0. The molecule has 39 heavy (non-hydrogen) atoms. The summed E-state index contributed by atoms with van der Waals surface area (Å²) in [5, 5.41) is 10.3. The highest BCUT2D eigenvalue weighted by atomic mass is 35.5. The molecule has 0 aliphatic carbocycles. The summed E-state index contributed by atoms with van der Waals surface area (Å²) < 4.78 is 0. The van der Waals surface area contributed by atoms with Gasteiger partial charge < -0.3 is 16.0 Å². The van der Waals surface area contributed by atoms with E-state index in [1.165, 1.54) is 18.2 Å². The standard InChI is InChI=1S/C30H24Cl3N3O3/c31-25-7-1-19(2-8-25)16-34-28(37)22-13-23(29(38)35-17-20-3-9-26(32)10-4-20)15-24(14-22)30(39)36-18-21-5-11-27(33)12-6-21/h1-15H,16-18H2,(H,34,37)(H,35,38)(H,36,39). The molecular weight excluding hydrogens is 557 g/mol. The topological polar surface area (TPSA) is 87.3 Å². The predicted octanol–water partition coefficient (Wildman–Crippen LogP) is 6.44. The van der Waals surface area contributed by atoms with Gasteiger partial charge in [-0.15, -0.1) is 0 Å². The van der Waals surface area contributed by atoms with Crippen molar-refractivity contribution in [3.8, 4) is 0 Å². The van der Waals surface area contributed by atoms with E-state index in [4.69, 9.17) is 34.8 Å². The van der Waals surface area contributed by atoms with Crippen LogP contribution in [0.15, 0.2) is 91.0 Å². The molecule has 0 saturated carbocycles.